The monoisotopic (exact) mass is 190 g/mol. The second kappa shape index (κ2) is 7.51. The fourth-order valence-electron chi connectivity index (χ4n) is 0.249. The number of allylic oxidation sites excluding steroid dienone is 3. The molecule has 0 aromatic heterocycles. The number of carboxylic acids is 1. The molecule has 0 aliphatic rings. The van der Waals surface area contributed by atoms with Gasteiger partial charge in [0, 0.05) is 6.08 Å². The van der Waals surface area contributed by atoms with E-state index in [9.17, 15) is 4.79 Å². The molecule has 0 saturated heterocycles. The summed E-state index contributed by atoms with van der Waals surface area (Å²) in [7, 11) is 0. The van der Waals surface area contributed by atoms with Crippen LogP contribution in [0.15, 0.2) is 24.3 Å². The van der Waals surface area contributed by atoms with Gasteiger partial charge >= 0.3 is 23.9 Å². The van der Waals surface area contributed by atoms with Crippen molar-refractivity contribution in [2.45, 2.75) is 6.92 Å². The van der Waals surface area contributed by atoms with Crippen LogP contribution in [0.25, 0.3) is 0 Å². The first-order chi connectivity index (χ1) is 3.77. The van der Waals surface area contributed by atoms with Crippen molar-refractivity contribution in [3.8, 4) is 0 Å². The molecular formula is C6H11AsO2. The van der Waals surface area contributed by atoms with Crippen LogP contribution in [0.4, 0.5) is 0 Å². The molecule has 0 aromatic carbocycles. The Bertz CT molecular complexity index is 127. The van der Waals surface area contributed by atoms with Crippen LogP contribution in [0.1, 0.15) is 6.92 Å². The van der Waals surface area contributed by atoms with E-state index in [1.165, 1.54) is 6.08 Å². The molecular weight excluding hydrogens is 179 g/mol. The fourth-order valence-corrected chi connectivity index (χ4v) is 0.249. The molecule has 1 N–H and O–H groups in total. The number of rotatable bonds is 2. The summed E-state index contributed by atoms with van der Waals surface area (Å²) in [5.41, 5.74) is 0. The fraction of sp³-hybridized carbons (Fsp3) is 0.167. The predicted molar refractivity (Wildman–Crippen MR) is 41.5 cm³/mol. The van der Waals surface area contributed by atoms with Crippen LogP contribution in [0.2, 0.25) is 0 Å². The van der Waals surface area contributed by atoms with Gasteiger partial charge in [-0.15, -0.1) is 0 Å². The Morgan fingerprint density at radius 2 is 2.00 bits per heavy atom. The quantitative estimate of drug-likeness (QED) is 0.378. The predicted octanol–water partition coefficient (Wildman–Crippen LogP) is 0.0194. The summed E-state index contributed by atoms with van der Waals surface area (Å²) >= 11 is 0. The van der Waals surface area contributed by atoms with Gasteiger partial charge in [0.2, 0.25) is 0 Å². The van der Waals surface area contributed by atoms with Gasteiger partial charge in [-0.05, 0) is 6.92 Å². The summed E-state index contributed by atoms with van der Waals surface area (Å²) in [4.78, 5) is 9.75. The van der Waals surface area contributed by atoms with E-state index in [1.807, 2.05) is 6.92 Å². The average molecular weight is 190 g/mol. The van der Waals surface area contributed by atoms with Crippen molar-refractivity contribution in [1.82, 2.24) is 0 Å². The average Bonchev–Trinajstić information content (AvgIpc) is 1.66. The van der Waals surface area contributed by atoms with Crippen LogP contribution in [0, 0.1) is 0 Å². The molecule has 0 aromatic rings. The molecule has 9 heavy (non-hydrogen) atoms. The molecule has 0 aliphatic heterocycles. The van der Waals surface area contributed by atoms with E-state index in [1.54, 1.807) is 12.2 Å². The Balaban J connectivity index is 0. The van der Waals surface area contributed by atoms with Crippen molar-refractivity contribution in [3.05, 3.63) is 24.3 Å². The SMILES string of the molecule is CC=CC=CC(=O)O.[AsH3]. The van der Waals surface area contributed by atoms with Crippen molar-refractivity contribution in [3.63, 3.8) is 0 Å². The first kappa shape index (κ1) is 11.3. The Morgan fingerprint density at radius 1 is 1.44 bits per heavy atom. The maximum absolute atomic E-state index is 9.75. The zero-order chi connectivity index (χ0) is 6.41. The van der Waals surface area contributed by atoms with Crippen molar-refractivity contribution in [2.24, 2.45) is 0 Å². The zero-order valence-electron chi connectivity index (χ0n) is 5.37. The minimum absolute atomic E-state index is 0. The molecule has 0 radical (unpaired) electrons. The summed E-state index contributed by atoms with van der Waals surface area (Å²) in [5.74, 6) is -0.914. The van der Waals surface area contributed by atoms with Gasteiger partial charge in [0.25, 0.3) is 0 Å². The van der Waals surface area contributed by atoms with Crippen molar-refractivity contribution in [1.29, 1.82) is 0 Å². The third-order valence-electron chi connectivity index (χ3n) is 0.542. The van der Waals surface area contributed by atoms with Crippen LogP contribution in [0.3, 0.4) is 0 Å². The molecule has 1 unspecified atom stereocenters. The summed E-state index contributed by atoms with van der Waals surface area (Å²) in [6, 6.07) is 0. The minimum atomic E-state index is -0.914. The summed E-state index contributed by atoms with van der Waals surface area (Å²) in [6.45, 7) is 1.83. The maximum atomic E-state index is 9.75. The molecule has 0 amide bonds. The van der Waals surface area contributed by atoms with Crippen LogP contribution in [-0.2, 0) is 4.79 Å². The van der Waals surface area contributed by atoms with E-state index in [0.717, 1.165) is 6.08 Å². The third kappa shape index (κ3) is 11.2. The van der Waals surface area contributed by atoms with E-state index in [4.69, 9.17) is 5.11 Å². The molecule has 0 heterocycles. The third-order valence-corrected chi connectivity index (χ3v) is 0.542. The summed E-state index contributed by atoms with van der Waals surface area (Å²) in [5, 5.41) is 8.02. The Morgan fingerprint density at radius 3 is 2.33 bits per heavy atom. The van der Waals surface area contributed by atoms with Crippen LogP contribution >= 0.6 is 0 Å². The summed E-state index contributed by atoms with van der Waals surface area (Å²) < 4.78 is 0. The van der Waals surface area contributed by atoms with Gasteiger partial charge in [0.1, 0.15) is 0 Å². The molecule has 0 rings (SSSR count). The first-order valence-electron chi connectivity index (χ1n) is 2.29. The number of hydrogen-bond acceptors (Lipinski definition) is 1. The van der Waals surface area contributed by atoms with Gasteiger partial charge in [-0.25, -0.2) is 4.79 Å². The first-order valence-corrected chi connectivity index (χ1v) is 2.29. The van der Waals surface area contributed by atoms with E-state index in [0.29, 0.717) is 0 Å². The van der Waals surface area contributed by atoms with Gasteiger partial charge < -0.3 is 5.11 Å². The number of carbonyl (C=O) groups is 1. The molecule has 3 heteroatoms. The van der Waals surface area contributed by atoms with Gasteiger partial charge in [0.15, 0.2) is 0 Å². The van der Waals surface area contributed by atoms with Crippen molar-refractivity contribution >= 4 is 23.9 Å². The normalized spacial score (nSPS) is 9.89. The van der Waals surface area contributed by atoms with E-state index >= 15 is 0 Å². The van der Waals surface area contributed by atoms with Gasteiger partial charge in [0.05, 0.1) is 0 Å². The van der Waals surface area contributed by atoms with Gasteiger partial charge in [-0.1, -0.05) is 18.2 Å². The van der Waals surface area contributed by atoms with E-state index in [-0.39, 0.29) is 18.0 Å². The van der Waals surface area contributed by atoms with Crippen LogP contribution in [-0.4, -0.2) is 29.0 Å². The molecule has 0 saturated carbocycles. The van der Waals surface area contributed by atoms with Crippen molar-refractivity contribution in [2.75, 3.05) is 0 Å². The zero-order valence-corrected chi connectivity index (χ0v) is 8.34. The Kier molecular flexibility index (Phi) is 9.45. The molecule has 52 valence electrons. The number of aliphatic carboxylic acids is 1. The Labute approximate surface area is 65.6 Å². The summed E-state index contributed by atoms with van der Waals surface area (Å²) in [6.07, 6.45) is 5.98. The topological polar surface area (TPSA) is 37.3 Å². The Hall–Kier alpha value is -0.492. The second-order valence-electron chi connectivity index (χ2n) is 1.22. The van der Waals surface area contributed by atoms with E-state index < -0.39 is 5.97 Å². The molecule has 0 bridgehead atoms. The molecule has 1 atom stereocenters. The van der Waals surface area contributed by atoms with E-state index in [2.05, 4.69) is 0 Å². The molecule has 2 nitrogen and oxygen atoms in total. The molecule has 0 fully saturated rings. The van der Waals surface area contributed by atoms with Gasteiger partial charge in [-0.3, -0.25) is 0 Å². The van der Waals surface area contributed by atoms with Crippen LogP contribution in [0.5, 0.6) is 0 Å². The molecule has 0 aliphatic carbocycles. The van der Waals surface area contributed by atoms with Gasteiger partial charge in [-0.2, -0.15) is 0 Å². The van der Waals surface area contributed by atoms with Crippen molar-refractivity contribution < 1.29 is 9.90 Å². The number of carboxylic acid groups (broad SMARTS) is 1. The molecule has 0 spiro atoms. The number of hydrogen-bond donors (Lipinski definition) is 1. The standard InChI is InChI=1S/C6H8O2.AsH3/c1-2-3-4-5-6(7)8;/h2-5H,1H3,(H,7,8);1H3. The second-order valence-corrected chi connectivity index (χ2v) is 1.22. The van der Waals surface area contributed by atoms with Crippen LogP contribution < -0.4 is 0 Å².